The van der Waals surface area contributed by atoms with E-state index in [4.69, 9.17) is 56.9 Å². The van der Waals surface area contributed by atoms with Gasteiger partial charge in [-0.3, -0.25) is 4.79 Å². The van der Waals surface area contributed by atoms with Gasteiger partial charge in [0.25, 0.3) is 8.32 Å². The third-order valence-electron chi connectivity index (χ3n) is 7.77. The summed E-state index contributed by atoms with van der Waals surface area (Å²) < 4.78 is 61.7. The largest absolute Gasteiger partial charge is 0.481 e. The Hall–Kier alpha value is -2.31. The molecule has 0 atom stereocenters. The van der Waals surface area contributed by atoms with E-state index in [0.29, 0.717) is 132 Å². The minimum atomic E-state index is -2.54. The van der Waals surface area contributed by atoms with Crippen molar-refractivity contribution in [3.63, 3.8) is 0 Å². The molecule has 53 heavy (non-hydrogen) atoms. The molecule has 14 heteroatoms. The molecular formula is C39H64O13Si. The van der Waals surface area contributed by atoms with Crippen molar-refractivity contribution in [2.75, 3.05) is 139 Å². The lowest BCUT2D eigenvalue weighted by Gasteiger charge is -2.43. The van der Waals surface area contributed by atoms with Crippen molar-refractivity contribution >= 4 is 24.7 Å². The summed E-state index contributed by atoms with van der Waals surface area (Å²) in [4.78, 5) is 10.4. The number of hydrogen-bond acceptors (Lipinski definition) is 12. The van der Waals surface area contributed by atoms with Gasteiger partial charge in [0.1, 0.15) is 0 Å². The first kappa shape index (κ1) is 46.8. The second-order valence-corrected chi connectivity index (χ2v) is 17.1. The molecule has 0 unspecified atom stereocenters. The zero-order valence-electron chi connectivity index (χ0n) is 32.2. The van der Waals surface area contributed by atoms with E-state index < -0.39 is 14.3 Å². The molecule has 0 saturated heterocycles. The molecule has 0 saturated carbocycles. The topological polar surface area (TPSA) is 139 Å². The third kappa shape index (κ3) is 22.0. The number of carbonyl (C=O) groups is 1. The van der Waals surface area contributed by atoms with Gasteiger partial charge in [-0.15, -0.1) is 0 Å². The summed E-state index contributed by atoms with van der Waals surface area (Å²) >= 11 is 0. The maximum absolute atomic E-state index is 10.4. The highest BCUT2D eigenvalue weighted by Gasteiger charge is 2.50. The maximum Gasteiger partial charge on any atom is 0.305 e. The third-order valence-corrected chi connectivity index (χ3v) is 12.8. The fourth-order valence-corrected chi connectivity index (χ4v) is 9.80. The van der Waals surface area contributed by atoms with Gasteiger partial charge in [-0.1, -0.05) is 81.4 Å². The Morgan fingerprint density at radius 3 is 0.925 bits per heavy atom. The minimum Gasteiger partial charge on any atom is -0.481 e. The lowest BCUT2D eigenvalue weighted by molar-refractivity contribution is -0.138. The molecule has 0 aliphatic rings. The van der Waals surface area contributed by atoms with Crippen LogP contribution in [-0.2, 0) is 56.6 Å². The standard InChI is InChI=1S/C39H64O13Si/c1-39(2,3)53(36-10-6-4-7-11-36,37-12-8-5-9-13-37)52-35-34-51-33-32-50-31-30-49-29-28-48-27-26-47-25-24-46-23-22-45-21-20-44-19-18-43-17-16-42-15-14-38(40)41/h4-13H,14-35H2,1-3H3,(H,40,41). The van der Waals surface area contributed by atoms with Gasteiger partial charge in [0.05, 0.1) is 145 Å². The lowest BCUT2D eigenvalue weighted by atomic mass is 10.2. The van der Waals surface area contributed by atoms with E-state index in [1.54, 1.807) is 0 Å². The maximum atomic E-state index is 10.4. The first-order valence-electron chi connectivity index (χ1n) is 18.6. The van der Waals surface area contributed by atoms with Crippen LogP contribution in [0.15, 0.2) is 60.7 Å². The number of carboxylic acids is 1. The molecule has 2 aromatic rings. The highest BCUT2D eigenvalue weighted by Crippen LogP contribution is 2.36. The van der Waals surface area contributed by atoms with Crippen LogP contribution in [0, 0.1) is 0 Å². The molecular weight excluding hydrogens is 705 g/mol. The Kier molecular flexibility index (Phi) is 27.4. The summed E-state index contributed by atoms with van der Waals surface area (Å²) in [6, 6.07) is 21.2. The monoisotopic (exact) mass is 768 g/mol. The molecule has 0 radical (unpaired) electrons. The van der Waals surface area contributed by atoms with Crippen molar-refractivity contribution in [3.8, 4) is 0 Å². The fourth-order valence-electron chi connectivity index (χ4n) is 5.26. The van der Waals surface area contributed by atoms with Crippen molar-refractivity contribution in [1.29, 1.82) is 0 Å². The van der Waals surface area contributed by atoms with Gasteiger partial charge in [0, 0.05) is 0 Å². The Morgan fingerprint density at radius 2 is 0.679 bits per heavy atom. The van der Waals surface area contributed by atoms with Crippen LogP contribution in [0.25, 0.3) is 0 Å². The van der Waals surface area contributed by atoms with Crippen LogP contribution in [0.4, 0.5) is 0 Å². The molecule has 0 amide bonds. The van der Waals surface area contributed by atoms with Crippen LogP contribution in [0.2, 0.25) is 5.04 Å². The predicted octanol–water partition coefficient (Wildman–Crippen LogP) is 3.20. The van der Waals surface area contributed by atoms with Crippen molar-refractivity contribution in [3.05, 3.63) is 60.7 Å². The van der Waals surface area contributed by atoms with E-state index in [1.165, 1.54) is 10.4 Å². The summed E-state index contributed by atoms with van der Waals surface area (Å²) in [5.74, 6) is -0.874. The van der Waals surface area contributed by atoms with Crippen LogP contribution >= 0.6 is 0 Å². The summed E-state index contributed by atoms with van der Waals surface area (Å²) in [6.07, 6.45) is -0.00323. The lowest BCUT2D eigenvalue weighted by Crippen LogP contribution is -2.66. The van der Waals surface area contributed by atoms with E-state index in [0.717, 1.165) is 0 Å². The quantitative estimate of drug-likeness (QED) is 0.0803. The van der Waals surface area contributed by atoms with Crippen molar-refractivity contribution in [1.82, 2.24) is 0 Å². The highest BCUT2D eigenvalue weighted by atomic mass is 28.4. The Bertz CT molecular complexity index is 1080. The average Bonchev–Trinajstić information content (AvgIpc) is 3.15. The molecule has 0 aromatic heterocycles. The normalized spacial score (nSPS) is 12.1. The Labute approximate surface area is 317 Å². The number of aliphatic carboxylic acids is 1. The number of benzene rings is 2. The minimum absolute atomic E-state index is 0.00323. The summed E-state index contributed by atoms with van der Waals surface area (Å²) in [7, 11) is -2.54. The Morgan fingerprint density at radius 1 is 0.434 bits per heavy atom. The number of carboxylic acid groups (broad SMARTS) is 1. The predicted molar refractivity (Wildman–Crippen MR) is 204 cm³/mol. The second kappa shape index (κ2) is 31.0. The van der Waals surface area contributed by atoms with Crippen LogP contribution < -0.4 is 10.4 Å². The van der Waals surface area contributed by atoms with E-state index >= 15 is 0 Å². The van der Waals surface area contributed by atoms with Gasteiger partial charge in [0.2, 0.25) is 0 Å². The van der Waals surface area contributed by atoms with Crippen LogP contribution in [0.1, 0.15) is 27.2 Å². The van der Waals surface area contributed by atoms with Gasteiger partial charge < -0.3 is 56.9 Å². The van der Waals surface area contributed by atoms with Crippen molar-refractivity contribution in [2.45, 2.75) is 32.2 Å². The number of rotatable bonds is 36. The number of ether oxygens (including phenoxy) is 10. The molecule has 0 aliphatic heterocycles. The van der Waals surface area contributed by atoms with Gasteiger partial charge in [-0.05, 0) is 15.4 Å². The molecule has 13 nitrogen and oxygen atoms in total. The number of hydrogen-bond donors (Lipinski definition) is 1. The molecule has 0 aliphatic carbocycles. The summed E-state index contributed by atoms with van der Waals surface area (Å²) in [5, 5.41) is 11.0. The highest BCUT2D eigenvalue weighted by molar-refractivity contribution is 6.99. The summed E-state index contributed by atoms with van der Waals surface area (Å²) in [6.45, 7) is 16.5. The smallest absolute Gasteiger partial charge is 0.305 e. The molecule has 0 heterocycles. The van der Waals surface area contributed by atoms with Gasteiger partial charge in [-0.25, -0.2) is 0 Å². The van der Waals surface area contributed by atoms with E-state index in [2.05, 4.69) is 69.3 Å². The SMILES string of the molecule is CC(C)(C)[Si](OCCOCCOCCOCCOCCOCCOCCOCCOCCOCCOCCC(=O)O)(c1ccccc1)c1ccccc1. The van der Waals surface area contributed by atoms with Crippen LogP contribution in [0.5, 0.6) is 0 Å². The van der Waals surface area contributed by atoms with Crippen molar-refractivity contribution < 1.29 is 61.7 Å². The van der Waals surface area contributed by atoms with E-state index in [1.807, 2.05) is 12.1 Å². The van der Waals surface area contributed by atoms with Crippen LogP contribution in [0.3, 0.4) is 0 Å². The molecule has 0 fully saturated rings. The fraction of sp³-hybridized carbons (Fsp3) is 0.667. The second-order valence-electron chi connectivity index (χ2n) is 12.8. The first-order valence-corrected chi connectivity index (χ1v) is 20.5. The molecule has 0 bridgehead atoms. The molecule has 302 valence electrons. The molecule has 2 rings (SSSR count). The Balaban J connectivity index is 1.31. The van der Waals surface area contributed by atoms with Gasteiger partial charge in [0.15, 0.2) is 0 Å². The van der Waals surface area contributed by atoms with E-state index in [-0.39, 0.29) is 18.1 Å². The zero-order valence-corrected chi connectivity index (χ0v) is 33.2. The molecule has 2 aromatic carbocycles. The summed E-state index contributed by atoms with van der Waals surface area (Å²) in [5.41, 5.74) is 0. The molecule has 1 N–H and O–H groups in total. The molecule has 0 spiro atoms. The van der Waals surface area contributed by atoms with Gasteiger partial charge >= 0.3 is 5.97 Å². The van der Waals surface area contributed by atoms with E-state index in [9.17, 15) is 4.79 Å². The average molecular weight is 769 g/mol. The van der Waals surface area contributed by atoms with Crippen molar-refractivity contribution in [2.24, 2.45) is 0 Å². The first-order chi connectivity index (χ1) is 25.9. The van der Waals surface area contributed by atoms with Crippen LogP contribution in [-0.4, -0.2) is 158 Å². The van der Waals surface area contributed by atoms with Gasteiger partial charge in [-0.2, -0.15) is 0 Å². The zero-order chi connectivity index (χ0) is 38.1.